The highest BCUT2D eigenvalue weighted by Crippen LogP contribution is 2.17. The standard InChI is InChI=1S/C22H27N3O4/c1-28-19-7-3-5-16(13-19)22(27)24-17-9-11-25(12-10-17)15-21(26)23-18-6-4-8-20(14-18)29-2/h3-8,13-14,17H,9-12,15H2,1-2H3,(H,23,26)(H,24,27). The molecule has 154 valence electrons. The van der Waals surface area contributed by atoms with E-state index in [1.54, 1.807) is 38.5 Å². The molecule has 0 atom stereocenters. The van der Waals surface area contributed by atoms with Crippen LogP contribution in [0.15, 0.2) is 48.5 Å². The lowest BCUT2D eigenvalue weighted by molar-refractivity contribution is -0.117. The first-order valence-electron chi connectivity index (χ1n) is 9.68. The summed E-state index contributed by atoms with van der Waals surface area (Å²) in [5.41, 5.74) is 1.30. The smallest absolute Gasteiger partial charge is 0.251 e. The molecule has 29 heavy (non-hydrogen) atoms. The third kappa shape index (κ3) is 5.96. The number of nitrogens with zero attached hydrogens (tertiary/aromatic N) is 1. The zero-order chi connectivity index (χ0) is 20.6. The van der Waals surface area contributed by atoms with Crippen LogP contribution < -0.4 is 20.1 Å². The monoisotopic (exact) mass is 397 g/mol. The summed E-state index contributed by atoms with van der Waals surface area (Å²) in [6.07, 6.45) is 1.62. The van der Waals surface area contributed by atoms with E-state index in [4.69, 9.17) is 9.47 Å². The van der Waals surface area contributed by atoms with Gasteiger partial charge in [0.2, 0.25) is 5.91 Å². The summed E-state index contributed by atoms with van der Waals surface area (Å²) < 4.78 is 10.3. The van der Waals surface area contributed by atoms with E-state index in [2.05, 4.69) is 15.5 Å². The fourth-order valence-corrected chi connectivity index (χ4v) is 3.37. The van der Waals surface area contributed by atoms with Gasteiger partial charge in [-0.3, -0.25) is 14.5 Å². The Morgan fingerprint density at radius 2 is 1.66 bits per heavy atom. The lowest BCUT2D eigenvalue weighted by atomic mass is 10.0. The predicted molar refractivity (Wildman–Crippen MR) is 112 cm³/mol. The second-order valence-electron chi connectivity index (χ2n) is 7.04. The van der Waals surface area contributed by atoms with E-state index in [0.717, 1.165) is 31.6 Å². The van der Waals surface area contributed by atoms with Crippen LogP contribution in [0.3, 0.4) is 0 Å². The Kier molecular flexibility index (Phi) is 7.08. The van der Waals surface area contributed by atoms with Gasteiger partial charge in [0.1, 0.15) is 11.5 Å². The summed E-state index contributed by atoms with van der Waals surface area (Å²) in [5, 5.41) is 5.97. The zero-order valence-electron chi connectivity index (χ0n) is 16.8. The molecular formula is C22H27N3O4. The lowest BCUT2D eigenvalue weighted by Crippen LogP contribution is -2.46. The van der Waals surface area contributed by atoms with Crippen LogP contribution in [0.5, 0.6) is 11.5 Å². The zero-order valence-corrected chi connectivity index (χ0v) is 16.8. The van der Waals surface area contributed by atoms with E-state index in [-0.39, 0.29) is 17.9 Å². The molecule has 3 rings (SSSR count). The van der Waals surface area contributed by atoms with Crippen molar-refractivity contribution in [3.63, 3.8) is 0 Å². The number of amides is 2. The average Bonchev–Trinajstić information content (AvgIpc) is 2.75. The summed E-state index contributed by atoms with van der Waals surface area (Å²) in [4.78, 5) is 26.9. The summed E-state index contributed by atoms with van der Waals surface area (Å²) in [5.74, 6) is 1.21. The first kappa shape index (κ1) is 20.7. The molecule has 2 aromatic carbocycles. The number of nitrogens with one attached hydrogen (secondary N) is 2. The molecule has 2 aromatic rings. The first-order valence-corrected chi connectivity index (χ1v) is 9.68. The van der Waals surface area contributed by atoms with Gasteiger partial charge in [0.25, 0.3) is 5.91 Å². The van der Waals surface area contributed by atoms with Gasteiger partial charge in [-0.1, -0.05) is 12.1 Å². The Bertz CT molecular complexity index is 847. The molecule has 0 bridgehead atoms. The van der Waals surface area contributed by atoms with Crippen LogP contribution in [0.2, 0.25) is 0 Å². The molecule has 1 aliphatic heterocycles. The van der Waals surface area contributed by atoms with E-state index < -0.39 is 0 Å². The second-order valence-corrected chi connectivity index (χ2v) is 7.04. The molecule has 1 heterocycles. The van der Waals surface area contributed by atoms with Crippen molar-refractivity contribution in [1.82, 2.24) is 10.2 Å². The van der Waals surface area contributed by atoms with Crippen LogP contribution in [-0.4, -0.2) is 56.6 Å². The van der Waals surface area contributed by atoms with Crippen molar-refractivity contribution in [1.29, 1.82) is 0 Å². The topological polar surface area (TPSA) is 79.9 Å². The number of carbonyl (C=O) groups is 2. The van der Waals surface area contributed by atoms with Gasteiger partial charge in [-0.05, 0) is 43.2 Å². The van der Waals surface area contributed by atoms with Crippen LogP contribution in [0.25, 0.3) is 0 Å². The molecule has 0 spiro atoms. The molecule has 2 amide bonds. The van der Waals surface area contributed by atoms with Gasteiger partial charge in [-0.15, -0.1) is 0 Å². The highest BCUT2D eigenvalue weighted by atomic mass is 16.5. The number of piperidine rings is 1. The van der Waals surface area contributed by atoms with Gasteiger partial charge in [0, 0.05) is 36.4 Å². The maximum atomic E-state index is 12.4. The molecule has 7 heteroatoms. The fraction of sp³-hybridized carbons (Fsp3) is 0.364. The number of hydrogen-bond acceptors (Lipinski definition) is 5. The second kappa shape index (κ2) is 9.93. The molecular weight excluding hydrogens is 370 g/mol. The van der Waals surface area contributed by atoms with Crippen molar-refractivity contribution in [2.45, 2.75) is 18.9 Å². The number of methoxy groups -OCH3 is 2. The Hall–Kier alpha value is -3.06. The van der Waals surface area contributed by atoms with Gasteiger partial charge in [-0.2, -0.15) is 0 Å². The lowest BCUT2D eigenvalue weighted by Gasteiger charge is -2.31. The average molecular weight is 397 g/mol. The van der Waals surface area contributed by atoms with Crippen molar-refractivity contribution in [2.24, 2.45) is 0 Å². The molecule has 0 radical (unpaired) electrons. The summed E-state index contributed by atoms with van der Waals surface area (Å²) in [6.45, 7) is 1.84. The van der Waals surface area contributed by atoms with Gasteiger partial charge in [-0.25, -0.2) is 0 Å². The van der Waals surface area contributed by atoms with Gasteiger partial charge in [0.05, 0.1) is 20.8 Å². The summed E-state index contributed by atoms with van der Waals surface area (Å²) >= 11 is 0. The normalized spacial score (nSPS) is 14.8. The minimum atomic E-state index is -0.0990. The van der Waals surface area contributed by atoms with Gasteiger partial charge >= 0.3 is 0 Å². The van der Waals surface area contributed by atoms with E-state index in [0.29, 0.717) is 23.6 Å². The molecule has 1 fully saturated rings. The number of likely N-dealkylation sites (tertiary alicyclic amines) is 1. The molecule has 1 saturated heterocycles. The van der Waals surface area contributed by atoms with Crippen molar-refractivity contribution in [2.75, 3.05) is 39.2 Å². The number of hydrogen-bond donors (Lipinski definition) is 2. The molecule has 0 saturated carbocycles. The van der Waals surface area contributed by atoms with Gasteiger partial charge in [0.15, 0.2) is 0 Å². The predicted octanol–water partition coefficient (Wildman–Crippen LogP) is 2.54. The third-order valence-electron chi connectivity index (χ3n) is 4.98. The molecule has 2 N–H and O–H groups in total. The van der Waals surface area contributed by atoms with Crippen molar-refractivity contribution < 1.29 is 19.1 Å². The Balaban J connectivity index is 1.43. The van der Waals surface area contributed by atoms with E-state index in [9.17, 15) is 9.59 Å². The number of benzene rings is 2. The first-order chi connectivity index (χ1) is 14.1. The van der Waals surface area contributed by atoms with Crippen molar-refractivity contribution in [3.8, 4) is 11.5 Å². The van der Waals surface area contributed by atoms with Gasteiger partial charge < -0.3 is 20.1 Å². The number of rotatable bonds is 7. The van der Waals surface area contributed by atoms with Crippen LogP contribution in [0.1, 0.15) is 23.2 Å². The summed E-state index contributed by atoms with van der Waals surface area (Å²) in [7, 11) is 3.18. The largest absolute Gasteiger partial charge is 0.497 e. The Morgan fingerprint density at radius 3 is 2.34 bits per heavy atom. The summed E-state index contributed by atoms with van der Waals surface area (Å²) in [6, 6.07) is 14.5. The van der Waals surface area contributed by atoms with Crippen LogP contribution in [-0.2, 0) is 4.79 Å². The minimum Gasteiger partial charge on any atom is -0.497 e. The SMILES string of the molecule is COc1cccc(NC(=O)CN2CCC(NC(=O)c3cccc(OC)c3)CC2)c1. The molecule has 0 aromatic heterocycles. The molecule has 1 aliphatic rings. The maximum absolute atomic E-state index is 12.4. The highest BCUT2D eigenvalue weighted by molar-refractivity contribution is 5.94. The third-order valence-corrected chi connectivity index (χ3v) is 4.98. The Labute approximate surface area is 171 Å². The maximum Gasteiger partial charge on any atom is 0.251 e. The number of carbonyl (C=O) groups excluding carboxylic acids is 2. The number of anilines is 1. The van der Waals surface area contributed by atoms with Crippen LogP contribution in [0, 0.1) is 0 Å². The number of ether oxygens (including phenoxy) is 2. The molecule has 0 aliphatic carbocycles. The highest BCUT2D eigenvalue weighted by Gasteiger charge is 2.22. The quantitative estimate of drug-likeness (QED) is 0.751. The van der Waals surface area contributed by atoms with Crippen molar-refractivity contribution in [3.05, 3.63) is 54.1 Å². The van der Waals surface area contributed by atoms with E-state index in [1.165, 1.54) is 0 Å². The van der Waals surface area contributed by atoms with Crippen LogP contribution in [0.4, 0.5) is 5.69 Å². The van der Waals surface area contributed by atoms with Crippen molar-refractivity contribution >= 4 is 17.5 Å². The van der Waals surface area contributed by atoms with E-state index >= 15 is 0 Å². The minimum absolute atomic E-state index is 0.0582. The van der Waals surface area contributed by atoms with E-state index in [1.807, 2.05) is 24.3 Å². The fourth-order valence-electron chi connectivity index (χ4n) is 3.37. The Morgan fingerprint density at radius 1 is 1.00 bits per heavy atom. The molecule has 7 nitrogen and oxygen atoms in total. The molecule has 0 unspecified atom stereocenters. The van der Waals surface area contributed by atoms with Crippen LogP contribution >= 0.6 is 0 Å².